The van der Waals surface area contributed by atoms with Gasteiger partial charge in [0.15, 0.2) is 5.13 Å². The van der Waals surface area contributed by atoms with Crippen LogP contribution < -0.4 is 14.4 Å². The first-order chi connectivity index (χ1) is 16.7. The number of rotatable bonds is 8. The molecule has 0 radical (unpaired) electrons. The van der Waals surface area contributed by atoms with Crippen molar-refractivity contribution < 1.29 is 14.3 Å². The van der Waals surface area contributed by atoms with Crippen molar-refractivity contribution in [2.45, 2.75) is 13.5 Å². The number of para-hydroxylation sites is 1. The molecule has 5 rings (SSSR count). The Morgan fingerprint density at radius 1 is 1.06 bits per heavy atom. The Labute approximate surface area is 201 Å². The summed E-state index contributed by atoms with van der Waals surface area (Å²) >= 11 is 1.47. The number of carbonyl (C=O) groups excluding carboxylic acids is 1. The number of thiazole rings is 1. The number of hydrogen-bond acceptors (Lipinski definition) is 6. The lowest BCUT2D eigenvalue weighted by Gasteiger charge is -2.21. The molecule has 0 N–H and O–H groups in total. The van der Waals surface area contributed by atoms with E-state index >= 15 is 0 Å². The first-order valence-electron chi connectivity index (χ1n) is 11.1. The topological polar surface area (TPSA) is 69.5 Å². The van der Waals surface area contributed by atoms with Gasteiger partial charge in [-0.3, -0.25) is 14.4 Å². The van der Waals surface area contributed by atoms with E-state index in [4.69, 9.17) is 14.5 Å². The van der Waals surface area contributed by atoms with Gasteiger partial charge in [-0.15, -0.1) is 0 Å². The Kier molecular flexibility index (Phi) is 6.14. The second kappa shape index (κ2) is 9.52. The summed E-state index contributed by atoms with van der Waals surface area (Å²) in [5.74, 6) is 1.07. The number of anilines is 1. The highest BCUT2D eigenvalue weighted by Crippen LogP contribution is 2.36. The minimum atomic E-state index is -0.174. The number of amides is 1. The van der Waals surface area contributed by atoms with Crippen LogP contribution in [0.3, 0.4) is 0 Å². The maximum absolute atomic E-state index is 14.0. The Balaban J connectivity index is 1.59. The van der Waals surface area contributed by atoms with Crippen LogP contribution in [-0.2, 0) is 6.54 Å². The summed E-state index contributed by atoms with van der Waals surface area (Å²) in [6.07, 6.45) is 3.61. The summed E-state index contributed by atoms with van der Waals surface area (Å²) in [7, 11) is 1.58. The zero-order chi connectivity index (χ0) is 23.5. The largest absolute Gasteiger partial charge is 0.496 e. The number of methoxy groups -OCH3 is 1. The van der Waals surface area contributed by atoms with Crippen LogP contribution in [0.4, 0.5) is 5.13 Å². The number of benzene rings is 3. The van der Waals surface area contributed by atoms with Gasteiger partial charge in [0.25, 0.3) is 5.91 Å². The number of hydrogen-bond donors (Lipinski definition) is 0. The molecular weight excluding hydrogens is 448 g/mol. The lowest BCUT2D eigenvalue weighted by atomic mass is 10.0. The fourth-order valence-corrected chi connectivity index (χ4v) is 4.93. The van der Waals surface area contributed by atoms with Crippen molar-refractivity contribution in [3.63, 3.8) is 0 Å². The molecule has 34 heavy (non-hydrogen) atoms. The number of fused-ring (bicyclic) bond motifs is 2. The summed E-state index contributed by atoms with van der Waals surface area (Å²) in [6, 6.07) is 19.4. The molecule has 0 spiro atoms. The van der Waals surface area contributed by atoms with E-state index in [2.05, 4.69) is 5.10 Å². The second-order valence-corrected chi connectivity index (χ2v) is 8.67. The number of aromatic nitrogens is 3. The minimum absolute atomic E-state index is 0.174. The van der Waals surface area contributed by atoms with E-state index in [9.17, 15) is 4.79 Å². The fourth-order valence-electron chi connectivity index (χ4n) is 3.92. The number of ether oxygens (including phenoxy) is 2. The number of nitrogens with zero attached hydrogens (tertiary/aromatic N) is 4. The molecule has 0 saturated carbocycles. The van der Waals surface area contributed by atoms with Gasteiger partial charge in [-0.2, -0.15) is 5.10 Å². The van der Waals surface area contributed by atoms with Crippen LogP contribution in [-0.4, -0.2) is 40.9 Å². The van der Waals surface area contributed by atoms with Crippen LogP contribution in [0, 0.1) is 0 Å². The van der Waals surface area contributed by atoms with Gasteiger partial charge < -0.3 is 9.47 Å². The summed E-state index contributed by atoms with van der Waals surface area (Å²) in [6.45, 7) is 3.42. The van der Waals surface area contributed by atoms with E-state index in [0.29, 0.717) is 41.9 Å². The Bertz CT molecular complexity index is 1450. The lowest BCUT2D eigenvalue weighted by Crippen LogP contribution is -2.34. The van der Waals surface area contributed by atoms with E-state index in [1.165, 1.54) is 11.3 Å². The Morgan fingerprint density at radius 3 is 2.62 bits per heavy atom. The van der Waals surface area contributed by atoms with Crippen molar-refractivity contribution in [3.05, 3.63) is 78.6 Å². The van der Waals surface area contributed by atoms with Crippen molar-refractivity contribution in [3.8, 4) is 11.5 Å². The molecule has 0 aliphatic rings. The van der Waals surface area contributed by atoms with Gasteiger partial charge in [-0.1, -0.05) is 41.7 Å². The van der Waals surface area contributed by atoms with Crippen LogP contribution in [0.1, 0.15) is 17.3 Å². The molecule has 172 valence electrons. The third-order valence-corrected chi connectivity index (χ3v) is 6.60. The SMILES string of the molecule is CCOc1cccc2sc(N(CCn3cccn3)C(=O)c3cc4ccccc4cc3OC)nc12. The third kappa shape index (κ3) is 4.20. The Hall–Kier alpha value is -3.91. The van der Waals surface area contributed by atoms with E-state index < -0.39 is 0 Å². The lowest BCUT2D eigenvalue weighted by molar-refractivity contribution is 0.0983. The van der Waals surface area contributed by atoms with Gasteiger partial charge in [0.05, 0.1) is 30.5 Å². The molecule has 3 aromatic carbocycles. The predicted molar refractivity (Wildman–Crippen MR) is 135 cm³/mol. The van der Waals surface area contributed by atoms with Crippen molar-refractivity contribution in [1.82, 2.24) is 14.8 Å². The molecule has 0 aliphatic heterocycles. The summed E-state index contributed by atoms with van der Waals surface area (Å²) < 4.78 is 14.2. The normalized spacial score (nSPS) is 11.1. The standard InChI is InChI=1S/C26H24N4O3S/c1-3-33-21-10-6-11-23-24(21)28-26(34-23)30(15-14-29-13-7-12-27-29)25(31)20-16-18-8-4-5-9-19(18)17-22(20)32-2/h4-13,16-17H,3,14-15H2,1-2H3. The average Bonchev–Trinajstić information content (AvgIpc) is 3.54. The van der Waals surface area contributed by atoms with Gasteiger partial charge in [0, 0.05) is 18.9 Å². The highest BCUT2D eigenvalue weighted by molar-refractivity contribution is 7.22. The molecule has 0 fully saturated rings. The molecule has 7 nitrogen and oxygen atoms in total. The molecule has 1 amide bonds. The Morgan fingerprint density at radius 2 is 1.88 bits per heavy atom. The van der Waals surface area contributed by atoms with Gasteiger partial charge in [-0.05, 0) is 48.0 Å². The molecule has 2 heterocycles. The van der Waals surface area contributed by atoms with Gasteiger partial charge in [0.1, 0.15) is 17.0 Å². The molecule has 0 atom stereocenters. The molecule has 0 bridgehead atoms. The zero-order valence-corrected chi connectivity index (χ0v) is 19.8. The smallest absolute Gasteiger partial charge is 0.263 e. The summed E-state index contributed by atoms with van der Waals surface area (Å²) in [4.78, 5) is 20.5. The highest BCUT2D eigenvalue weighted by atomic mass is 32.1. The van der Waals surface area contributed by atoms with Crippen LogP contribution in [0.2, 0.25) is 0 Å². The van der Waals surface area contributed by atoms with Crippen LogP contribution >= 0.6 is 11.3 Å². The van der Waals surface area contributed by atoms with Crippen molar-refractivity contribution in [2.75, 3.05) is 25.2 Å². The quantitative estimate of drug-likeness (QED) is 0.302. The molecular formula is C26H24N4O3S. The van der Waals surface area contributed by atoms with Gasteiger partial charge in [0.2, 0.25) is 0 Å². The summed E-state index contributed by atoms with van der Waals surface area (Å²) in [5, 5.41) is 6.88. The van der Waals surface area contributed by atoms with Crippen LogP contribution in [0.25, 0.3) is 21.0 Å². The van der Waals surface area contributed by atoms with E-state index in [0.717, 1.165) is 21.0 Å². The monoisotopic (exact) mass is 472 g/mol. The first-order valence-corrected chi connectivity index (χ1v) is 11.9. The highest BCUT2D eigenvalue weighted by Gasteiger charge is 2.25. The fraction of sp³-hybridized carbons (Fsp3) is 0.192. The molecule has 5 aromatic rings. The van der Waals surface area contributed by atoms with E-state index in [1.54, 1.807) is 22.9 Å². The van der Waals surface area contributed by atoms with Crippen molar-refractivity contribution in [2.24, 2.45) is 0 Å². The molecule has 0 aliphatic carbocycles. The third-order valence-electron chi connectivity index (χ3n) is 5.56. The van der Waals surface area contributed by atoms with Gasteiger partial charge in [-0.25, -0.2) is 4.98 Å². The van der Waals surface area contributed by atoms with Gasteiger partial charge >= 0.3 is 0 Å². The second-order valence-electron chi connectivity index (χ2n) is 7.66. The predicted octanol–water partition coefficient (Wildman–Crippen LogP) is 5.40. The maximum atomic E-state index is 14.0. The molecule has 0 unspecified atom stereocenters. The van der Waals surface area contributed by atoms with Crippen molar-refractivity contribution >= 4 is 43.4 Å². The zero-order valence-electron chi connectivity index (χ0n) is 19.0. The molecule has 8 heteroatoms. The van der Waals surface area contributed by atoms with Crippen LogP contribution in [0.5, 0.6) is 11.5 Å². The van der Waals surface area contributed by atoms with Crippen LogP contribution in [0.15, 0.2) is 73.1 Å². The average molecular weight is 473 g/mol. The van der Waals surface area contributed by atoms with E-state index in [1.807, 2.05) is 73.8 Å². The van der Waals surface area contributed by atoms with E-state index in [-0.39, 0.29) is 5.91 Å². The molecule has 2 aromatic heterocycles. The molecule has 0 saturated heterocycles. The first kappa shape index (κ1) is 21.9. The minimum Gasteiger partial charge on any atom is -0.496 e. The summed E-state index contributed by atoms with van der Waals surface area (Å²) in [5.41, 5.74) is 1.25. The maximum Gasteiger partial charge on any atom is 0.263 e. The van der Waals surface area contributed by atoms with Crippen molar-refractivity contribution in [1.29, 1.82) is 0 Å². The number of carbonyl (C=O) groups is 1.